The number of likely N-dealkylation sites (tertiary alicyclic amines) is 1. The van der Waals surface area contributed by atoms with Gasteiger partial charge in [0.05, 0.1) is 6.04 Å². The first-order valence-electron chi connectivity index (χ1n) is 7.53. The third-order valence-corrected chi connectivity index (χ3v) is 4.08. The van der Waals surface area contributed by atoms with Crippen molar-refractivity contribution in [1.82, 2.24) is 4.90 Å². The Morgan fingerprint density at radius 3 is 2.76 bits per heavy atom. The predicted molar refractivity (Wildman–Crippen MR) is 80.8 cm³/mol. The molecule has 0 aromatic heterocycles. The monoisotopic (exact) mass is 292 g/mol. The number of phenols is 1. The van der Waals surface area contributed by atoms with Gasteiger partial charge in [0.25, 0.3) is 0 Å². The highest BCUT2D eigenvalue weighted by Crippen LogP contribution is 2.20. The van der Waals surface area contributed by atoms with Gasteiger partial charge in [0.15, 0.2) is 0 Å². The highest BCUT2D eigenvalue weighted by Gasteiger charge is 2.26. The lowest BCUT2D eigenvalue weighted by Gasteiger charge is -2.34. The Morgan fingerprint density at radius 2 is 2.10 bits per heavy atom. The molecule has 0 saturated carbocycles. The van der Waals surface area contributed by atoms with Crippen LogP contribution < -0.4 is 5.73 Å². The molecule has 0 bridgehead atoms. The van der Waals surface area contributed by atoms with E-state index in [-0.39, 0.29) is 18.3 Å². The van der Waals surface area contributed by atoms with E-state index in [1.165, 1.54) is 0 Å². The lowest BCUT2D eigenvalue weighted by molar-refractivity contribution is -0.134. The van der Waals surface area contributed by atoms with Crippen LogP contribution in [0, 0.1) is 5.92 Å². The molecule has 2 rings (SSSR count). The van der Waals surface area contributed by atoms with Crippen molar-refractivity contribution in [2.75, 3.05) is 19.7 Å². The number of rotatable bonds is 5. The minimum Gasteiger partial charge on any atom is -0.508 e. The molecule has 2 unspecified atom stereocenters. The van der Waals surface area contributed by atoms with E-state index < -0.39 is 6.04 Å². The van der Waals surface area contributed by atoms with Crippen LogP contribution in [0.1, 0.15) is 24.8 Å². The Kier molecular flexibility index (Phi) is 5.59. The number of aliphatic hydroxyl groups is 1. The molecular formula is C16H24N2O3. The number of hydrogen-bond donors (Lipinski definition) is 3. The minimum absolute atomic E-state index is 0.0225. The zero-order valence-electron chi connectivity index (χ0n) is 12.2. The van der Waals surface area contributed by atoms with E-state index in [1.54, 1.807) is 24.3 Å². The summed E-state index contributed by atoms with van der Waals surface area (Å²) >= 11 is 0. The molecular weight excluding hydrogens is 268 g/mol. The van der Waals surface area contributed by atoms with Crippen molar-refractivity contribution >= 4 is 5.91 Å². The summed E-state index contributed by atoms with van der Waals surface area (Å²) in [6.45, 7) is 1.62. The van der Waals surface area contributed by atoms with Gasteiger partial charge in [0, 0.05) is 19.7 Å². The molecule has 1 saturated heterocycles. The fourth-order valence-electron chi connectivity index (χ4n) is 2.89. The summed E-state index contributed by atoms with van der Waals surface area (Å²) in [7, 11) is 0. The van der Waals surface area contributed by atoms with Crippen LogP contribution in [0.15, 0.2) is 24.3 Å². The Bertz CT molecular complexity index is 459. The number of phenolic OH excluding ortho intramolecular Hbond substituents is 1. The van der Waals surface area contributed by atoms with Crippen LogP contribution >= 0.6 is 0 Å². The van der Waals surface area contributed by atoms with Crippen LogP contribution in [-0.4, -0.2) is 46.8 Å². The van der Waals surface area contributed by atoms with E-state index >= 15 is 0 Å². The van der Waals surface area contributed by atoms with Crippen molar-refractivity contribution in [1.29, 1.82) is 0 Å². The van der Waals surface area contributed by atoms with Gasteiger partial charge in [-0.3, -0.25) is 4.79 Å². The maximum Gasteiger partial charge on any atom is 0.239 e. The SMILES string of the molecule is NC(Cc1ccc(O)cc1)C(=O)N1CCCC(CCO)C1. The number of piperidine rings is 1. The third kappa shape index (κ3) is 4.44. The Labute approximate surface area is 125 Å². The maximum atomic E-state index is 12.4. The van der Waals surface area contributed by atoms with E-state index in [0.717, 1.165) is 31.4 Å². The topological polar surface area (TPSA) is 86.8 Å². The fraction of sp³-hybridized carbons (Fsp3) is 0.562. The average Bonchev–Trinajstić information content (AvgIpc) is 2.49. The van der Waals surface area contributed by atoms with E-state index in [2.05, 4.69) is 0 Å². The molecule has 1 aromatic rings. The van der Waals surface area contributed by atoms with E-state index in [4.69, 9.17) is 10.8 Å². The van der Waals surface area contributed by atoms with Crippen molar-refractivity contribution in [2.24, 2.45) is 11.7 Å². The molecule has 1 aliphatic rings. The first kappa shape index (κ1) is 15.8. The molecule has 4 N–H and O–H groups in total. The van der Waals surface area contributed by atoms with Crippen molar-refractivity contribution in [2.45, 2.75) is 31.7 Å². The number of aromatic hydroxyl groups is 1. The molecule has 0 radical (unpaired) electrons. The summed E-state index contributed by atoms with van der Waals surface area (Å²) < 4.78 is 0. The van der Waals surface area contributed by atoms with Gasteiger partial charge < -0.3 is 20.8 Å². The van der Waals surface area contributed by atoms with Gasteiger partial charge >= 0.3 is 0 Å². The van der Waals surface area contributed by atoms with Crippen LogP contribution in [0.25, 0.3) is 0 Å². The summed E-state index contributed by atoms with van der Waals surface area (Å²) in [5.74, 6) is 0.570. The minimum atomic E-state index is -0.553. The summed E-state index contributed by atoms with van der Waals surface area (Å²) in [5, 5.41) is 18.3. The second-order valence-corrected chi connectivity index (χ2v) is 5.78. The van der Waals surface area contributed by atoms with Crippen LogP contribution in [0.5, 0.6) is 5.75 Å². The summed E-state index contributed by atoms with van der Waals surface area (Å²) in [6, 6.07) is 6.22. The van der Waals surface area contributed by atoms with Crippen LogP contribution in [-0.2, 0) is 11.2 Å². The molecule has 0 aliphatic carbocycles. The van der Waals surface area contributed by atoms with E-state index in [9.17, 15) is 9.90 Å². The second-order valence-electron chi connectivity index (χ2n) is 5.78. The zero-order valence-corrected chi connectivity index (χ0v) is 12.2. The first-order valence-corrected chi connectivity index (χ1v) is 7.53. The first-order chi connectivity index (χ1) is 10.1. The van der Waals surface area contributed by atoms with Crippen molar-refractivity contribution in [3.05, 3.63) is 29.8 Å². The van der Waals surface area contributed by atoms with Crippen LogP contribution in [0.3, 0.4) is 0 Å². The number of nitrogens with two attached hydrogens (primary N) is 1. The average molecular weight is 292 g/mol. The molecule has 5 heteroatoms. The Balaban J connectivity index is 1.90. The van der Waals surface area contributed by atoms with E-state index in [1.807, 2.05) is 4.90 Å². The third-order valence-electron chi connectivity index (χ3n) is 4.08. The molecule has 0 spiro atoms. The molecule has 1 aromatic carbocycles. The second kappa shape index (κ2) is 7.43. The van der Waals surface area contributed by atoms with Gasteiger partial charge in [0.2, 0.25) is 5.91 Å². The van der Waals surface area contributed by atoms with Gasteiger partial charge in [-0.1, -0.05) is 12.1 Å². The standard InChI is InChI=1S/C16H24N2O3/c17-15(10-12-3-5-14(20)6-4-12)16(21)18-8-1-2-13(11-18)7-9-19/h3-6,13,15,19-20H,1-2,7-11,17H2. The smallest absolute Gasteiger partial charge is 0.239 e. The molecule has 1 amide bonds. The molecule has 1 fully saturated rings. The van der Waals surface area contributed by atoms with Gasteiger partial charge in [-0.15, -0.1) is 0 Å². The Morgan fingerprint density at radius 1 is 1.38 bits per heavy atom. The number of carbonyl (C=O) groups is 1. The zero-order chi connectivity index (χ0) is 15.2. The fourth-order valence-corrected chi connectivity index (χ4v) is 2.89. The Hall–Kier alpha value is -1.59. The maximum absolute atomic E-state index is 12.4. The number of hydrogen-bond acceptors (Lipinski definition) is 4. The molecule has 1 heterocycles. The molecule has 2 atom stereocenters. The normalized spacial score (nSPS) is 20.3. The number of carbonyl (C=O) groups excluding carboxylic acids is 1. The number of amides is 1. The predicted octanol–water partition coefficient (Wildman–Crippen LogP) is 0.883. The number of benzene rings is 1. The van der Waals surface area contributed by atoms with E-state index in [0.29, 0.717) is 18.9 Å². The van der Waals surface area contributed by atoms with Gasteiger partial charge in [0.1, 0.15) is 5.75 Å². The summed E-state index contributed by atoms with van der Waals surface area (Å²) in [6.07, 6.45) is 3.26. The number of nitrogens with zero attached hydrogens (tertiary/aromatic N) is 1. The van der Waals surface area contributed by atoms with Crippen molar-refractivity contribution in [3.8, 4) is 5.75 Å². The van der Waals surface area contributed by atoms with Gasteiger partial charge in [-0.2, -0.15) is 0 Å². The lowest BCUT2D eigenvalue weighted by Crippen LogP contribution is -2.48. The molecule has 5 nitrogen and oxygen atoms in total. The summed E-state index contributed by atoms with van der Waals surface area (Å²) in [4.78, 5) is 14.2. The summed E-state index contributed by atoms with van der Waals surface area (Å²) in [5.41, 5.74) is 6.98. The largest absolute Gasteiger partial charge is 0.508 e. The lowest BCUT2D eigenvalue weighted by atomic mass is 9.94. The quantitative estimate of drug-likeness (QED) is 0.752. The van der Waals surface area contributed by atoms with Gasteiger partial charge in [-0.05, 0) is 49.3 Å². The highest BCUT2D eigenvalue weighted by atomic mass is 16.3. The molecule has 116 valence electrons. The van der Waals surface area contributed by atoms with Crippen molar-refractivity contribution < 1.29 is 15.0 Å². The van der Waals surface area contributed by atoms with Gasteiger partial charge in [-0.25, -0.2) is 0 Å². The number of aliphatic hydroxyl groups excluding tert-OH is 1. The molecule has 1 aliphatic heterocycles. The molecule has 21 heavy (non-hydrogen) atoms. The van der Waals surface area contributed by atoms with Crippen LogP contribution in [0.4, 0.5) is 0 Å². The van der Waals surface area contributed by atoms with Crippen molar-refractivity contribution in [3.63, 3.8) is 0 Å². The van der Waals surface area contributed by atoms with Crippen LogP contribution in [0.2, 0.25) is 0 Å². The highest BCUT2D eigenvalue weighted by molar-refractivity contribution is 5.82.